The molecule has 1 saturated carbocycles. The number of hydrogen-bond donors (Lipinski definition) is 1. The molecular formula is C19H26N4O2. The van der Waals surface area contributed by atoms with Crippen LogP contribution in [0.1, 0.15) is 52.0 Å². The highest BCUT2D eigenvalue weighted by atomic mass is 16.6. The van der Waals surface area contributed by atoms with E-state index in [2.05, 4.69) is 16.4 Å². The molecule has 6 nitrogen and oxygen atoms in total. The Bertz CT molecular complexity index is 660. The number of piperidine rings is 1. The van der Waals surface area contributed by atoms with Crippen molar-refractivity contribution in [3.05, 3.63) is 23.9 Å². The summed E-state index contributed by atoms with van der Waals surface area (Å²) in [5.41, 5.74) is 0.269. The van der Waals surface area contributed by atoms with E-state index in [0.29, 0.717) is 19.1 Å². The lowest BCUT2D eigenvalue weighted by Gasteiger charge is -2.33. The summed E-state index contributed by atoms with van der Waals surface area (Å²) in [5, 5.41) is 12.7. The Balaban J connectivity index is 1.49. The van der Waals surface area contributed by atoms with Gasteiger partial charge in [0.05, 0.1) is 11.5 Å². The summed E-state index contributed by atoms with van der Waals surface area (Å²) in [5.74, 6) is 0.827. The summed E-state index contributed by atoms with van der Waals surface area (Å²) in [6.07, 6.45) is 5.17. The van der Waals surface area contributed by atoms with Crippen molar-refractivity contribution in [2.75, 3.05) is 18.4 Å². The number of pyridine rings is 1. The average Bonchev–Trinajstić information content (AvgIpc) is 3.36. The Kier molecular flexibility index (Phi) is 4.59. The van der Waals surface area contributed by atoms with Gasteiger partial charge in [0.15, 0.2) is 0 Å². The van der Waals surface area contributed by atoms with Crippen LogP contribution in [-0.2, 0) is 10.2 Å². The minimum atomic E-state index is -0.458. The van der Waals surface area contributed by atoms with Crippen LogP contribution >= 0.6 is 0 Å². The molecule has 0 aromatic carbocycles. The van der Waals surface area contributed by atoms with Crippen molar-refractivity contribution in [2.24, 2.45) is 0 Å². The Morgan fingerprint density at radius 1 is 1.36 bits per heavy atom. The van der Waals surface area contributed by atoms with Crippen molar-refractivity contribution in [3.8, 4) is 6.07 Å². The normalized spacial score (nSPS) is 19.8. The first kappa shape index (κ1) is 17.5. The van der Waals surface area contributed by atoms with Crippen LogP contribution in [0, 0.1) is 11.3 Å². The van der Waals surface area contributed by atoms with Gasteiger partial charge in [0.2, 0.25) is 0 Å². The van der Waals surface area contributed by atoms with E-state index in [-0.39, 0.29) is 11.5 Å². The molecule has 0 spiro atoms. The summed E-state index contributed by atoms with van der Waals surface area (Å²) in [6.45, 7) is 7.01. The fraction of sp³-hybridized carbons (Fsp3) is 0.632. The minimum Gasteiger partial charge on any atom is -0.444 e. The zero-order chi connectivity index (χ0) is 18.1. The maximum Gasteiger partial charge on any atom is 0.410 e. The number of hydrogen-bond acceptors (Lipinski definition) is 5. The van der Waals surface area contributed by atoms with Gasteiger partial charge in [0.25, 0.3) is 0 Å². The molecule has 6 heteroatoms. The van der Waals surface area contributed by atoms with E-state index in [1.165, 1.54) is 0 Å². The number of likely N-dealkylation sites (tertiary alicyclic amines) is 1. The van der Waals surface area contributed by atoms with Crippen LogP contribution < -0.4 is 5.32 Å². The molecule has 2 fully saturated rings. The van der Waals surface area contributed by atoms with E-state index in [0.717, 1.165) is 37.1 Å². The molecule has 2 aliphatic rings. The van der Waals surface area contributed by atoms with Crippen molar-refractivity contribution in [1.29, 1.82) is 5.26 Å². The van der Waals surface area contributed by atoms with E-state index in [1.54, 1.807) is 4.90 Å². The smallest absolute Gasteiger partial charge is 0.410 e. The van der Waals surface area contributed by atoms with Crippen LogP contribution in [0.15, 0.2) is 18.3 Å². The molecular weight excluding hydrogens is 316 g/mol. The molecule has 0 bridgehead atoms. The number of nitrogens with zero attached hydrogens (tertiary/aromatic N) is 3. The quantitative estimate of drug-likeness (QED) is 0.910. The number of aromatic nitrogens is 1. The second kappa shape index (κ2) is 6.55. The maximum absolute atomic E-state index is 12.1. The molecule has 1 saturated heterocycles. The van der Waals surface area contributed by atoms with Crippen LogP contribution in [0.4, 0.5) is 10.6 Å². The van der Waals surface area contributed by atoms with Crippen LogP contribution in [0.3, 0.4) is 0 Å². The van der Waals surface area contributed by atoms with Crippen molar-refractivity contribution in [3.63, 3.8) is 0 Å². The molecule has 134 valence electrons. The van der Waals surface area contributed by atoms with Gasteiger partial charge < -0.3 is 15.0 Å². The molecule has 0 atom stereocenters. The monoisotopic (exact) mass is 342 g/mol. The van der Waals surface area contributed by atoms with Crippen LogP contribution in [0.2, 0.25) is 0 Å². The number of amides is 1. The Labute approximate surface area is 149 Å². The maximum atomic E-state index is 12.1. The number of anilines is 1. The van der Waals surface area contributed by atoms with Gasteiger partial charge in [-0.15, -0.1) is 0 Å². The SMILES string of the molecule is CC(C)(C)OC(=O)N1CCC(Nc2ccc(C3(C#N)CC3)cn2)CC1. The van der Waals surface area contributed by atoms with Gasteiger partial charge in [0.1, 0.15) is 11.4 Å². The summed E-state index contributed by atoms with van der Waals surface area (Å²) in [4.78, 5) is 18.3. The van der Waals surface area contributed by atoms with Gasteiger partial charge >= 0.3 is 6.09 Å². The third-order valence-electron chi connectivity index (χ3n) is 4.78. The van der Waals surface area contributed by atoms with E-state index >= 15 is 0 Å². The molecule has 1 aliphatic heterocycles. The summed E-state index contributed by atoms with van der Waals surface area (Å²) in [6, 6.07) is 6.64. The largest absolute Gasteiger partial charge is 0.444 e. The zero-order valence-corrected chi connectivity index (χ0v) is 15.2. The zero-order valence-electron chi connectivity index (χ0n) is 15.2. The highest BCUT2D eigenvalue weighted by molar-refractivity contribution is 5.68. The lowest BCUT2D eigenvalue weighted by molar-refractivity contribution is 0.0210. The van der Waals surface area contributed by atoms with Crippen molar-refractivity contribution < 1.29 is 9.53 Å². The van der Waals surface area contributed by atoms with Gasteiger partial charge in [-0.05, 0) is 58.1 Å². The second-order valence-corrected chi connectivity index (χ2v) is 8.01. The standard InChI is InChI=1S/C19H26N4O2/c1-18(2,3)25-17(24)23-10-6-15(7-11-23)22-16-5-4-14(12-21-16)19(13-20)8-9-19/h4-5,12,15H,6-11H2,1-3H3,(H,21,22). The van der Waals surface area contributed by atoms with Crippen LogP contribution in [0.25, 0.3) is 0 Å². The van der Waals surface area contributed by atoms with Gasteiger partial charge in [-0.1, -0.05) is 6.07 Å². The summed E-state index contributed by atoms with van der Waals surface area (Å²) < 4.78 is 5.42. The van der Waals surface area contributed by atoms with Crippen molar-refractivity contribution in [2.45, 2.75) is 63.5 Å². The number of carbonyl (C=O) groups is 1. The molecule has 25 heavy (non-hydrogen) atoms. The number of carbonyl (C=O) groups excluding carboxylic acids is 1. The van der Waals surface area contributed by atoms with Gasteiger partial charge in [-0.2, -0.15) is 5.26 Å². The Morgan fingerprint density at radius 2 is 2.04 bits per heavy atom. The summed E-state index contributed by atoms with van der Waals surface area (Å²) >= 11 is 0. The fourth-order valence-corrected chi connectivity index (χ4v) is 3.09. The average molecular weight is 342 g/mol. The van der Waals surface area contributed by atoms with E-state index in [1.807, 2.05) is 39.1 Å². The lowest BCUT2D eigenvalue weighted by Crippen LogP contribution is -2.44. The number of rotatable bonds is 3. The van der Waals surface area contributed by atoms with Gasteiger partial charge in [-0.25, -0.2) is 9.78 Å². The summed E-state index contributed by atoms with van der Waals surface area (Å²) in [7, 11) is 0. The van der Waals surface area contributed by atoms with E-state index in [4.69, 9.17) is 4.74 Å². The second-order valence-electron chi connectivity index (χ2n) is 8.01. The third-order valence-corrected chi connectivity index (χ3v) is 4.78. The molecule has 0 unspecified atom stereocenters. The third kappa shape index (κ3) is 4.22. The van der Waals surface area contributed by atoms with E-state index in [9.17, 15) is 10.1 Å². The molecule has 2 heterocycles. The molecule has 1 aromatic rings. The number of ether oxygens (including phenoxy) is 1. The predicted molar refractivity (Wildman–Crippen MR) is 95.2 cm³/mol. The molecule has 1 aliphatic carbocycles. The highest BCUT2D eigenvalue weighted by Crippen LogP contribution is 2.47. The molecule has 1 aromatic heterocycles. The fourth-order valence-electron chi connectivity index (χ4n) is 3.09. The Hall–Kier alpha value is -2.29. The van der Waals surface area contributed by atoms with Gasteiger partial charge in [-0.3, -0.25) is 0 Å². The highest BCUT2D eigenvalue weighted by Gasteiger charge is 2.45. The molecule has 3 rings (SSSR count). The van der Waals surface area contributed by atoms with Crippen LogP contribution in [-0.4, -0.2) is 40.7 Å². The lowest BCUT2D eigenvalue weighted by atomic mass is 10.00. The van der Waals surface area contributed by atoms with Crippen LogP contribution in [0.5, 0.6) is 0 Å². The first-order chi connectivity index (χ1) is 11.8. The van der Waals surface area contributed by atoms with Crippen molar-refractivity contribution >= 4 is 11.9 Å². The predicted octanol–water partition coefficient (Wildman–Crippen LogP) is 3.45. The Morgan fingerprint density at radius 3 is 2.52 bits per heavy atom. The minimum absolute atomic E-state index is 0.236. The topological polar surface area (TPSA) is 78.2 Å². The first-order valence-electron chi connectivity index (χ1n) is 8.94. The number of nitriles is 1. The van der Waals surface area contributed by atoms with Crippen molar-refractivity contribution in [1.82, 2.24) is 9.88 Å². The van der Waals surface area contributed by atoms with Gasteiger partial charge in [0, 0.05) is 25.3 Å². The van der Waals surface area contributed by atoms with E-state index < -0.39 is 5.60 Å². The molecule has 0 radical (unpaired) electrons. The first-order valence-corrected chi connectivity index (χ1v) is 8.94. The molecule has 1 amide bonds. The molecule has 1 N–H and O–H groups in total. The number of nitrogens with one attached hydrogen (secondary N) is 1.